The lowest BCUT2D eigenvalue weighted by Crippen LogP contribution is -2.10. The maximum Gasteiger partial charge on any atom is 0.136 e. The Morgan fingerprint density at radius 3 is 1.52 bits per heavy atom. The second-order valence-corrected chi connectivity index (χ2v) is 14.9. The second-order valence-electron chi connectivity index (χ2n) is 14.9. The van der Waals surface area contributed by atoms with E-state index in [-0.39, 0.29) is 0 Å². The highest BCUT2D eigenvalue weighted by atomic mass is 16.3. The summed E-state index contributed by atoms with van der Waals surface area (Å²) in [6.07, 6.45) is 0. The van der Waals surface area contributed by atoms with Gasteiger partial charge in [0.05, 0.1) is 5.69 Å². The number of furan rings is 1. The van der Waals surface area contributed by atoms with E-state index in [0.29, 0.717) is 0 Å². The van der Waals surface area contributed by atoms with Crippen molar-refractivity contribution in [1.29, 1.82) is 0 Å². The van der Waals surface area contributed by atoms with Crippen LogP contribution in [0.3, 0.4) is 0 Å². The van der Waals surface area contributed by atoms with Gasteiger partial charge in [0.1, 0.15) is 11.3 Å². The Bertz CT molecular complexity index is 3230. The van der Waals surface area contributed by atoms with Crippen LogP contribution >= 0.6 is 0 Å². The number of benzene rings is 10. The Morgan fingerprint density at radius 1 is 0.293 bits per heavy atom. The summed E-state index contributed by atoms with van der Waals surface area (Å²) in [6, 6.07) is 80.6. The molecule has 1 aromatic heterocycles. The Hall–Kier alpha value is -7.68. The van der Waals surface area contributed by atoms with E-state index >= 15 is 0 Å². The van der Waals surface area contributed by atoms with Crippen LogP contribution in [0.5, 0.6) is 0 Å². The zero-order valence-corrected chi connectivity index (χ0v) is 31.7. The van der Waals surface area contributed by atoms with Gasteiger partial charge in [-0.05, 0) is 109 Å². The molecule has 0 radical (unpaired) electrons. The first-order valence-corrected chi connectivity index (χ1v) is 19.8. The maximum absolute atomic E-state index is 6.28. The molecule has 11 aromatic rings. The summed E-state index contributed by atoms with van der Waals surface area (Å²) in [5.41, 5.74) is 12.4. The van der Waals surface area contributed by atoms with E-state index in [1.165, 1.54) is 49.0 Å². The fourth-order valence-corrected chi connectivity index (χ4v) is 8.62. The van der Waals surface area contributed by atoms with E-state index in [9.17, 15) is 0 Å². The number of rotatable bonds is 7. The van der Waals surface area contributed by atoms with Gasteiger partial charge in [0.15, 0.2) is 0 Å². The maximum atomic E-state index is 6.28. The highest BCUT2D eigenvalue weighted by molar-refractivity contribution is 6.14. The quantitative estimate of drug-likeness (QED) is 0.151. The molecule has 10 aromatic carbocycles. The lowest BCUT2D eigenvalue weighted by atomic mass is 9.93. The van der Waals surface area contributed by atoms with Crippen LogP contribution < -0.4 is 4.90 Å². The normalized spacial score (nSPS) is 11.4. The molecule has 58 heavy (non-hydrogen) atoms. The molecule has 11 rings (SSSR count). The van der Waals surface area contributed by atoms with Crippen molar-refractivity contribution in [3.05, 3.63) is 224 Å². The molecule has 0 atom stereocenters. The van der Waals surface area contributed by atoms with Crippen molar-refractivity contribution in [2.75, 3.05) is 4.90 Å². The third kappa shape index (κ3) is 5.91. The van der Waals surface area contributed by atoms with Gasteiger partial charge in [0, 0.05) is 27.7 Å². The van der Waals surface area contributed by atoms with Crippen LogP contribution in [0.25, 0.3) is 88.0 Å². The lowest BCUT2D eigenvalue weighted by molar-refractivity contribution is 0.632. The van der Waals surface area contributed by atoms with Crippen molar-refractivity contribution in [1.82, 2.24) is 0 Å². The summed E-state index contributed by atoms with van der Waals surface area (Å²) in [5, 5.41) is 8.60. The van der Waals surface area contributed by atoms with Gasteiger partial charge in [-0.3, -0.25) is 0 Å². The molecular formula is C56H37NO. The number of hydrogen-bond acceptors (Lipinski definition) is 2. The molecule has 0 N–H and O–H groups in total. The van der Waals surface area contributed by atoms with Crippen molar-refractivity contribution in [2.45, 2.75) is 0 Å². The van der Waals surface area contributed by atoms with Crippen LogP contribution in [0.2, 0.25) is 0 Å². The summed E-state index contributed by atoms with van der Waals surface area (Å²) in [6.45, 7) is 0. The van der Waals surface area contributed by atoms with Crippen molar-refractivity contribution in [3.8, 4) is 44.7 Å². The minimum Gasteiger partial charge on any atom is -0.456 e. The molecule has 0 bridgehead atoms. The van der Waals surface area contributed by atoms with Gasteiger partial charge >= 0.3 is 0 Å². The Balaban J connectivity index is 0.949. The minimum absolute atomic E-state index is 0.879. The predicted molar refractivity (Wildman–Crippen MR) is 245 cm³/mol. The summed E-state index contributed by atoms with van der Waals surface area (Å²) in [4.78, 5) is 2.38. The molecular weight excluding hydrogens is 703 g/mol. The highest BCUT2D eigenvalue weighted by Gasteiger charge is 2.17. The van der Waals surface area contributed by atoms with Gasteiger partial charge in [-0.25, -0.2) is 0 Å². The van der Waals surface area contributed by atoms with E-state index in [1.54, 1.807) is 0 Å². The molecule has 272 valence electrons. The van der Waals surface area contributed by atoms with Crippen molar-refractivity contribution in [3.63, 3.8) is 0 Å². The van der Waals surface area contributed by atoms with Crippen LogP contribution in [0, 0.1) is 0 Å². The van der Waals surface area contributed by atoms with Gasteiger partial charge in [0.25, 0.3) is 0 Å². The van der Waals surface area contributed by atoms with Crippen molar-refractivity contribution >= 4 is 60.3 Å². The Morgan fingerprint density at radius 2 is 0.793 bits per heavy atom. The number of nitrogens with zero attached hydrogens (tertiary/aromatic N) is 1. The molecule has 0 saturated heterocycles. The van der Waals surface area contributed by atoms with E-state index < -0.39 is 0 Å². The predicted octanol–water partition coefficient (Wildman–Crippen LogP) is 16.0. The molecule has 0 saturated carbocycles. The first-order valence-electron chi connectivity index (χ1n) is 19.8. The van der Waals surface area contributed by atoms with Gasteiger partial charge < -0.3 is 9.32 Å². The molecule has 0 aliphatic rings. The topological polar surface area (TPSA) is 16.4 Å². The minimum atomic E-state index is 0.879. The molecule has 2 nitrogen and oxygen atoms in total. The SMILES string of the molecule is c1ccc(-c2cc3ccccc3o2)c(-c2ccc(-c3ccc(N(c4ccc(-c5cc6ccccc6c6ccccc56)cc4)c4cccc5ccccc45)cc3)cc2)c1. The fourth-order valence-electron chi connectivity index (χ4n) is 8.62. The zero-order valence-electron chi connectivity index (χ0n) is 31.7. The van der Waals surface area contributed by atoms with Gasteiger partial charge in [0.2, 0.25) is 0 Å². The van der Waals surface area contributed by atoms with Crippen LogP contribution in [0.4, 0.5) is 17.1 Å². The average Bonchev–Trinajstić information content (AvgIpc) is 3.74. The number of para-hydroxylation sites is 1. The smallest absolute Gasteiger partial charge is 0.136 e. The summed E-state index contributed by atoms with van der Waals surface area (Å²) < 4.78 is 6.28. The van der Waals surface area contributed by atoms with Crippen LogP contribution in [0.15, 0.2) is 229 Å². The molecule has 0 unspecified atom stereocenters. The van der Waals surface area contributed by atoms with Gasteiger partial charge in [-0.1, -0.05) is 176 Å². The molecule has 0 aliphatic carbocycles. The van der Waals surface area contributed by atoms with E-state index in [0.717, 1.165) is 56.0 Å². The van der Waals surface area contributed by atoms with Crippen LogP contribution in [0.1, 0.15) is 0 Å². The average molecular weight is 740 g/mol. The molecule has 0 aliphatic heterocycles. The third-order valence-corrected chi connectivity index (χ3v) is 11.5. The van der Waals surface area contributed by atoms with E-state index in [2.05, 4.69) is 211 Å². The highest BCUT2D eigenvalue weighted by Crippen LogP contribution is 2.42. The Labute approximate surface area is 337 Å². The third-order valence-electron chi connectivity index (χ3n) is 11.5. The molecule has 0 amide bonds. The fraction of sp³-hybridized carbons (Fsp3) is 0. The standard InChI is InChI=1S/C56H37NO/c1-5-18-49-40(12-1)15-11-22-54(49)57(46-34-30-42(31-35-46)53-36-43-13-2-4-17-48(43)50-19-7-8-20-51(50)53)45-32-28-39(29-33-45)38-24-26-41(27-25-38)47-16-6-9-21-52(47)56-37-44-14-3-10-23-55(44)58-56/h1-37H. The van der Waals surface area contributed by atoms with E-state index in [1.807, 2.05) is 18.2 Å². The van der Waals surface area contributed by atoms with Crippen molar-refractivity contribution < 1.29 is 4.42 Å². The number of fused-ring (bicyclic) bond motifs is 5. The monoisotopic (exact) mass is 739 g/mol. The number of anilines is 3. The zero-order chi connectivity index (χ0) is 38.4. The largest absolute Gasteiger partial charge is 0.456 e. The summed E-state index contributed by atoms with van der Waals surface area (Å²) >= 11 is 0. The van der Waals surface area contributed by atoms with Gasteiger partial charge in [-0.2, -0.15) is 0 Å². The second kappa shape index (κ2) is 14.1. The van der Waals surface area contributed by atoms with Crippen LogP contribution in [-0.4, -0.2) is 0 Å². The van der Waals surface area contributed by atoms with Crippen LogP contribution in [-0.2, 0) is 0 Å². The summed E-state index contributed by atoms with van der Waals surface area (Å²) in [7, 11) is 0. The first-order chi connectivity index (χ1) is 28.7. The van der Waals surface area contributed by atoms with E-state index in [4.69, 9.17) is 4.42 Å². The molecule has 0 spiro atoms. The Kier molecular flexibility index (Phi) is 8.19. The summed E-state index contributed by atoms with van der Waals surface area (Å²) in [5.74, 6) is 0.879. The van der Waals surface area contributed by atoms with Gasteiger partial charge in [-0.15, -0.1) is 0 Å². The number of hydrogen-bond donors (Lipinski definition) is 0. The van der Waals surface area contributed by atoms with Crippen molar-refractivity contribution in [2.24, 2.45) is 0 Å². The molecule has 2 heteroatoms. The molecule has 0 fully saturated rings. The first kappa shape index (κ1) is 33.6. The molecule has 1 heterocycles. The lowest BCUT2D eigenvalue weighted by Gasteiger charge is -2.27.